The van der Waals surface area contributed by atoms with Crippen LogP contribution < -0.4 is 5.32 Å². The molecule has 0 aliphatic carbocycles. The lowest BCUT2D eigenvalue weighted by Gasteiger charge is -2.27. The lowest BCUT2D eigenvalue weighted by Crippen LogP contribution is -2.54. The number of halogens is 1. The first-order valence-electron chi connectivity index (χ1n) is 6.01. The monoisotopic (exact) mass is 276 g/mol. The molecule has 3 rings (SSSR count). The summed E-state index contributed by atoms with van der Waals surface area (Å²) in [4.78, 5) is 47.9. The van der Waals surface area contributed by atoms with Crippen LogP contribution in [0.4, 0.5) is 4.39 Å². The first-order valence-corrected chi connectivity index (χ1v) is 6.01. The number of hydrogen-bond donors (Lipinski definition) is 1. The van der Waals surface area contributed by atoms with Crippen molar-refractivity contribution < 1.29 is 23.6 Å². The van der Waals surface area contributed by atoms with Gasteiger partial charge in [-0.3, -0.25) is 29.4 Å². The molecule has 0 unspecified atom stereocenters. The number of benzene rings is 1. The SMILES string of the molecule is O=C1CC[C@H](N2C(=O)c3cccc(F)c3C2=O)C(=O)N1. The highest BCUT2D eigenvalue weighted by atomic mass is 19.1. The third kappa shape index (κ3) is 1.63. The number of fused-ring (bicyclic) bond motifs is 1. The van der Waals surface area contributed by atoms with E-state index in [1.165, 1.54) is 12.1 Å². The summed E-state index contributed by atoms with van der Waals surface area (Å²) >= 11 is 0. The topological polar surface area (TPSA) is 83.6 Å². The van der Waals surface area contributed by atoms with Gasteiger partial charge in [-0.15, -0.1) is 0 Å². The lowest BCUT2D eigenvalue weighted by atomic mass is 10.0. The Kier molecular flexibility index (Phi) is 2.63. The largest absolute Gasteiger partial charge is 0.295 e. The maximum Gasteiger partial charge on any atom is 0.265 e. The van der Waals surface area contributed by atoms with Gasteiger partial charge >= 0.3 is 0 Å². The van der Waals surface area contributed by atoms with E-state index < -0.39 is 35.5 Å². The second kappa shape index (κ2) is 4.22. The molecule has 2 aliphatic heterocycles. The van der Waals surface area contributed by atoms with Crippen molar-refractivity contribution in [2.75, 3.05) is 0 Å². The Morgan fingerprint density at radius 2 is 1.90 bits per heavy atom. The van der Waals surface area contributed by atoms with Crippen LogP contribution in [-0.2, 0) is 9.59 Å². The highest BCUT2D eigenvalue weighted by Gasteiger charge is 2.45. The average Bonchev–Trinajstić information content (AvgIpc) is 2.64. The predicted molar refractivity (Wildman–Crippen MR) is 63.1 cm³/mol. The van der Waals surface area contributed by atoms with Crippen molar-refractivity contribution in [3.8, 4) is 0 Å². The van der Waals surface area contributed by atoms with Crippen molar-refractivity contribution >= 4 is 23.6 Å². The Morgan fingerprint density at radius 1 is 1.15 bits per heavy atom. The third-order valence-corrected chi connectivity index (χ3v) is 3.42. The summed E-state index contributed by atoms with van der Waals surface area (Å²) < 4.78 is 13.7. The normalized spacial score (nSPS) is 22.1. The van der Waals surface area contributed by atoms with Gasteiger partial charge in [-0.2, -0.15) is 0 Å². The summed E-state index contributed by atoms with van der Waals surface area (Å²) in [6, 6.07) is 2.68. The average molecular weight is 276 g/mol. The van der Waals surface area contributed by atoms with Crippen LogP contribution in [-0.4, -0.2) is 34.6 Å². The fourth-order valence-corrected chi connectivity index (χ4v) is 2.47. The van der Waals surface area contributed by atoms with E-state index >= 15 is 0 Å². The Bertz CT molecular complexity index is 670. The molecule has 1 aromatic rings. The van der Waals surface area contributed by atoms with Gasteiger partial charge in [0.15, 0.2) is 0 Å². The van der Waals surface area contributed by atoms with Gasteiger partial charge in [-0.25, -0.2) is 4.39 Å². The molecule has 1 atom stereocenters. The van der Waals surface area contributed by atoms with Crippen LogP contribution in [0, 0.1) is 5.82 Å². The molecule has 0 aromatic heterocycles. The quantitative estimate of drug-likeness (QED) is 0.744. The molecule has 0 spiro atoms. The van der Waals surface area contributed by atoms with E-state index in [9.17, 15) is 23.6 Å². The minimum absolute atomic E-state index is 0.0340. The smallest absolute Gasteiger partial charge is 0.265 e. The lowest BCUT2D eigenvalue weighted by molar-refractivity contribution is -0.136. The molecule has 2 heterocycles. The van der Waals surface area contributed by atoms with E-state index in [0.29, 0.717) is 0 Å². The van der Waals surface area contributed by atoms with Gasteiger partial charge in [0.1, 0.15) is 11.9 Å². The molecule has 1 N–H and O–H groups in total. The highest BCUT2D eigenvalue weighted by Crippen LogP contribution is 2.28. The summed E-state index contributed by atoms with van der Waals surface area (Å²) in [6.45, 7) is 0. The number of imide groups is 2. The van der Waals surface area contributed by atoms with Crippen molar-refractivity contribution in [2.24, 2.45) is 0 Å². The van der Waals surface area contributed by atoms with E-state index in [1.807, 2.05) is 0 Å². The van der Waals surface area contributed by atoms with Crippen molar-refractivity contribution in [1.29, 1.82) is 0 Å². The zero-order valence-electron chi connectivity index (χ0n) is 10.2. The summed E-state index contributed by atoms with van der Waals surface area (Å²) in [5.74, 6) is -3.50. The van der Waals surface area contributed by atoms with Gasteiger partial charge in [-0.05, 0) is 18.6 Å². The molecule has 20 heavy (non-hydrogen) atoms. The van der Waals surface area contributed by atoms with Gasteiger partial charge in [-0.1, -0.05) is 6.07 Å². The zero-order chi connectivity index (χ0) is 14.4. The maximum absolute atomic E-state index is 13.7. The fraction of sp³-hybridized carbons (Fsp3) is 0.231. The van der Waals surface area contributed by atoms with Crippen LogP contribution in [0.2, 0.25) is 0 Å². The number of hydrogen-bond acceptors (Lipinski definition) is 4. The molecular formula is C13H9FN2O4. The molecule has 0 saturated carbocycles. The second-order valence-corrected chi connectivity index (χ2v) is 4.61. The molecule has 0 radical (unpaired) electrons. The molecule has 102 valence electrons. The number of carbonyl (C=O) groups is 4. The van der Waals surface area contributed by atoms with Crippen molar-refractivity contribution in [3.05, 3.63) is 35.1 Å². The molecule has 6 nitrogen and oxygen atoms in total. The number of nitrogens with zero attached hydrogens (tertiary/aromatic N) is 1. The van der Waals surface area contributed by atoms with Crippen LogP contribution >= 0.6 is 0 Å². The van der Waals surface area contributed by atoms with Crippen LogP contribution in [0.15, 0.2) is 18.2 Å². The first-order chi connectivity index (χ1) is 9.50. The van der Waals surface area contributed by atoms with Crippen molar-refractivity contribution in [1.82, 2.24) is 10.2 Å². The first kappa shape index (κ1) is 12.5. The van der Waals surface area contributed by atoms with Crippen LogP contribution in [0.1, 0.15) is 33.6 Å². The number of rotatable bonds is 1. The molecule has 2 aliphatic rings. The molecule has 1 fully saturated rings. The molecule has 1 saturated heterocycles. The Hall–Kier alpha value is -2.57. The van der Waals surface area contributed by atoms with E-state index in [1.54, 1.807) is 0 Å². The van der Waals surface area contributed by atoms with E-state index in [-0.39, 0.29) is 24.0 Å². The maximum atomic E-state index is 13.7. The Morgan fingerprint density at radius 3 is 2.55 bits per heavy atom. The molecule has 4 amide bonds. The second-order valence-electron chi connectivity index (χ2n) is 4.61. The van der Waals surface area contributed by atoms with Crippen LogP contribution in [0.3, 0.4) is 0 Å². The fourth-order valence-electron chi connectivity index (χ4n) is 2.47. The predicted octanol–water partition coefficient (Wildman–Crippen LogP) is 0.227. The Balaban J connectivity index is 2.00. The number of piperidine rings is 1. The Labute approximate surface area is 112 Å². The summed E-state index contributed by atoms with van der Waals surface area (Å²) in [5.41, 5.74) is -0.373. The van der Waals surface area contributed by atoms with Crippen molar-refractivity contribution in [3.63, 3.8) is 0 Å². The van der Waals surface area contributed by atoms with Crippen LogP contribution in [0.25, 0.3) is 0 Å². The number of nitrogens with one attached hydrogen (secondary N) is 1. The minimum Gasteiger partial charge on any atom is -0.295 e. The van der Waals surface area contributed by atoms with Gasteiger partial charge in [0.25, 0.3) is 11.8 Å². The molecule has 1 aromatic carbocycles. The van der Waals surface area contributed by atoms with Gasteiger partial charge in [0.2, 0.25) is 11.8 Å². The van der Waals surface area contributed by atoms with Gasteiger partial charge < -0.3 is 0 Å². The van der Waals surface area contributed by atoms with Crippen molar-refractivity contribution in [2.45, 2.75) is 18.9 Å². The van der Waals surface area contributed by atoms with Crippen LogP contribution in [0.5, 0.6) is 0 Å². The zero-order valence-corrected chi connectivity index (χ0v) is 10.2. The highest BCUT2D eigenvalue weighted by molar-refractivity contribution is 6.23. The molecule has 0 bridgehead atoms. The molecule has 7 heteroatoms. The summed E-state index contributed by atoms with van der Waals surface area (Å²) in [6.07, 6.45) is 0.0873. The minimum atomic E-state index is -1.07. The van der Waals surface area contributed by atoms with Gasteiger partial charge in [0.05, 0.1) is 11.1 Å². The van der Waals surface area contributed by atoms with E-state index in [2.05, 4.69) is 5.32 Å². The molecular weight excluding hydrogens is 267 g/mol. The standard InChI is InChI=1S/C13H9FN2O4/c14-7-3-1-2-6-10(7)13(20)16(12(6)19)8-4-5-9(17)15-11(8)18/h1-3,8H,4-5H2,(H,15,17,18)/t8-/m0/s1. The third-order valence-electron chi connectivity index (χ3n) is 3.42. The van der Waals surface area contributed by atoms with E-state index in [0.717, 1.165) is 11.0 Å². The number of amides is 4. The summed E-state index contributed by atoms with van der Waals surface area (Å²) in [5, 5.41) is 2.07. The number of carbonyl (C=O) groups excluding carboxylic acids is 4. The van der Waals surface area contributed by atoms with Gasteiger partial charge in [0, 0.05) is 6.42 Å². The summed E-state index contributed by atoms with van der Waals surface area (Å²) in [7, 11) is 0. The van der Waals surface area contributed by atoms with E-state index in [4.69, 9.17) is 0 Å².